The number of hydrogen-bond donors (Lipinski definition) is 3. The topological polar surface area (TPSA) is 97.0 Å². The van der Waals surface area contributed by atoms with Gasteiger partial charge in [0.15, 0.2) is 0 Å². The Morgan fingerprint density at radius 1 is 1.16 bits per heavy atom. The zero-order chi connectivity index (χ0) is 22.1. The standard InChI is InChI=1S/C23H22FN5OS2/c24-15-6-4-13(5-7-15)17-10-18(14-11-27-23(28-12-14)26-8-9-30)29-21-19(17)20(25)22(32-21)31-16-2-1-3-16/h4-7,10-12,16,30H,1-3,8-9,25H2,(H,26,27,28). The van der Waals surface area contributed by atoms with Crippen LogP contribution in [-0.2, 0) is 0 Å². The van der Waals surface area contributed by atoms with Crippen LogP contribution in [0.25, 0.3) is 32.6 Å². The predicted octanol–water partition coefficient (Wildman–Crippen LogP) is 5.19. The van der Waals surface area contributed by atoms with E-state index < -0.39 is 0 Å². The lowest BCUT2D eigenvalue weighted by atomic mass is 10.00. The molecule has 0 saturated heterocycles. The SMILES string of the molecule is Nc1c(SC2CCC2)sc2nc(-c3cnc(NCCO)nc3)cc(-c3ccc(F)cc3)c12. The molecule has 0 unspecified atom stereocenters. The number of hydrogen-bond acceptors (Lipinski definition) is 8. The van der Waals surface area contributed by atoms with E-state index in [0.29, 0.717) is 17.7 Å². The van der Waals surface area contributed by atoms with Crippen LogP contribution in [0, 0.1) is 5.82 Å². The van der Waals surface area contributed by atoms with Crippen molar-refractivity contribution in [3.05, 3.63) is 48.5 Å². The number of aliphatic hydroxyl groups is 1. The summed E-state index contributed by atoms with van der Waals surface area (Å²) in [4.78, 5) is 14.4. The summed E-state index contributed by atoms with van der Waals surface area (Å²) < 4.78 is 14.7. The highest BCUT2D eigenvalue weighted by Crippen LogP contribution is 2.48. The van der Waals surface area contributed by atoms with E-state index in [0.717, 1.165) is 42.5 Å². The summed E-state index contributed by atoms with van der Waals surface area (Å²) >= 11 is 3.45. The predicted molar refractivity (Wildman–Crippen MR) is 130 cm³/mol. The molecule has 164 valence electrons. The molecule has 4 aromatic rings. The van der Waals surface area contributed by atoms with Crippen LogP contribution in [0.4, 0.5) is 16.0 Å². The number of nitrogens with one attached hydrogen (secondary N) is 1. The second kappa shape index (κ2) is 9.01. The Bertz CT molecular complexity index is 1240. The van der Waals surface area contributed by atoms with Crippen LogP contribution >= 0.6 is 23.1 Å². The zero-order valence-electron chi connectivity index (χ0n) is 17.2. The van der Waals surface area contributed by atoms with Gasteiger partial charge in [0.05, 0.1) is 22.2 Å². The van der Waals surface area contributed by atoms with Gasteiger partial charge in [-0.05, 0) is 42.2 Å². The van der Waals surface area contributed by atoms with Crippen LogP contribution in [0.15, 0.2) is 46.9 Å². The van der Waals surface area contributed by atoms with E-state index in [1.54, 1.807) is 35.9 Å². The van der Waals surface area contributed by atoms with E-state index >= 15 is 0 Å². The Hall–Kier alpha value is -2.75. The molecule has 1 saturated carbocycles. The third kappa shape index (κ3) is 4.15. The van der Waals surface area contributed by atoms with Crippen molar-refractivity contribution in [3.8, 4) is 22.4 Å². The molecule has 4 N–H and O–H groups in total. The number of thiophene rings is 1. The third-order valence-electron chi connectivity index (χ3n) is 5.49. The monoisotopic (exact) mass is 467 g/mol. The molecule has 1 aromatic carbocycles. The average molecular weight is 468 g/mol. The van der Waals surface area contributed by atoms with Gasteiger partial charge in [0.1, 0.15) is 10.6 Å². The summed E-state index contributed by atoms with van der Waals surface area (Å²) in [5, 5.41) is 13.4. The Morgan fingerprint density at radius 3 is 2.56 bits per heavy atom. The highest BCUT2D eigenvalue weighted by atomic mass is 32.2. The maximum Gasteiger partial charge on any atom is 0.222 e. The molecule has 0 spiro atoms. The highest BCUT2D eigenvalue weighted by Gasteiger charge is 2.24. The second-order valence-corrected chi connectivity index (χ2v) is 10.2. The summed E-state index contributed by atoms with van der Waals surface area (Å²) in [6.45, 7) is 0.388. The maximum atomic E-state index is 13.6. The first-order valence-corrected chi connectivity index (χ1v) is 12.1. The van der Waals surface area contributed by atoms with Crippen molar-refractivity contribution >= 4 is 45.0 Å². The lowest BCUT2D eigenvalue weighted by Crippen LogP contribution is -2.12. The summed E-state index contributed by atoms with van der Waals surface area (Å²) in [5.41, 5.74) is 10.7. The lowest BCUT2D eigenvalue weighted by Gasteiger charge is -2.23. The van der Waals surface area contributed by atoms with E-state index in [1.165, 1.54) is 31.4 Å². The van der Waals surface area contributed by atoms with Crippen molar-refractivity contribution in [2.45, 2.75) is 28.7 Å². The van der Waals surface area contributed by atoms with Crippen LogP contribution in [0.2, 0.25) is 0 Å². The quantitative estimate of drug-likeness (QED) is 0.344. The van der Waals surface area contributed by atoms with Crippen LogP contribution in [0.1, 0.15) is 19.3 Å². The molecule has 6 nitrogen and oxygen atoms in total. The molecule has 9 heteroatoms. The first-order chi connectivity index (χ1) is 15.6. The van der Waals surface area contributed by atoms with Crippen molar-refractivity contribution in [2.75, 3.05) is 24.2 Å². The number of anilines is 2. The molecule has 32 heavy (non-hydrogen) atoms. The normalized spacial score (nSPS) is 13.9. The minimum atomic E-state index is -0.279. The van der Waals surface area contributed by atoms with Gasteiger partial charge in [-0.15, -0.1) is 23.1 Å². The fourth-order valence-electron chi connectivity index (χ4n) is 3.55. The van der Waals surface area contributed by atoms with Crippen molar-refractivity contribution in [2.24, 2.45) is 0 Å². The van der Waals surface area contributed by atoms with Gasteiger partial charge in [-0.1, -0.05) is 18.6 Å². The number of aromatic nitrogens is 3. The molecule has 5 rings (SSSR count). The van der Waals surface area contributed by atoms with Crippen molar-refractivity contribution in [3.63, 3.8) is 0 Å². The van der Waals surface area contributed by atoms with Crippen LogP contribution < -0.4 is 11.1 Å². The van der Waals surface area contributed by atoms with Crippen LogP contribution in [-0.4, -0.2) is 38.5 Å². The fourth-order valence-corrected chi connectivity index (χ4v) is 6.34. The van der Waals surface area contributed by atoms with E-state index in [2.05, 4.69) is 15.3 Å². The van der Waals surface area contributed by atoms with Gasteiger partial charge in [-0.3, -0.25) is 0 Å². The van der Waals surface area contributed by atoms with E-state index in [1.807, 2.05) is 17.8 Å². The Labute approximate surface area is 193 Å². The largest absolute Gasteiger partial charge is 0.397 e. The fraction of sp³-hybridized carbons (Fsp3) is 0.261. The molecule has 1 aliphatic carbocycles. The molecule has 0 radical (unpaired) electrons. The van der Waals surface area contributed by atoms with Crippen molar-refractivity contribution in [1.82, 2.24) is 15.0 Å². The Kier molecular flexibility index (Phi) is 5.95. The third-order valence-corrected chi connectivity index (χ3v) is 8.16. The van der Waals surface area contributed by atoms with Crippen LogP contribution in [0.5, 0.6) is 0 Å². The molecular formula is C23H22FN5OS2. The smallest absolute Gasteiger partial charge is 0.222 e. The summed E-state index contributed by atoms with van der Waals surface area (Å²) in [6.07, 6.45) is 7.12. The van der Waals surface area contributed by atoms with Gasteiger partial charge in [-0.2, -0.15) is 0 Å². The van der Waals surface area contributed by atoms with Gasteiger partial charge in [0, 0.05) is 35.1 Å². The Balaban J connectivity index is 1.61. The molecule has 0 amide bonds. The number of halogens is 1. The highest BCUT2D eigenvalue weighted by molar-refractivity contribution is 8.02. The van der Waals surface area contributed by atoms with Gasteiger partial charge >= 0.3 is 0 Å². The summed E-state index contributed by atoms with van der Waals surface area (Å²) in [5.74, 6) is 0.167. The second-order valence-electron chi connectivity index (χ2n) is 7.66. The van der Waals surface area contributed by atoms with E-state index in [9.17, 15) is 4.39 Å². The number of pyridine rings is 1. The van der Waals surface area contributed by atoms with Gasteiger partial charge in [-0.25, -0.2) is 19.3 Å². The molecular weight excluding hydrogens is 445 g/mol. The van der Waals surface area contributed by atoms with E-state index in [4.69, 9.17) is 15.8 Å². The van der Waals surface area contributed by atoms with Crippen LogP contribution in [0.3, 0.4) is 0 Å². The van der Waals surface area contributed by atoms with Gasteiger partial charge < -0.3 is 16.2 Å². The molecule has 0 aliphatic heterocycles. The minimum absolute atomic E-state index is 0.00532. The number of nitrogen functional groups attached to an aromatic ring is 1. The summed E-state index contributed by atoms with van der Waals surface area (Å²) in [7, 11) is 0. The number of nitrogens with zero attached hydrogens (tertiary/aromatic N) is 3. The summed E-state index contributed by atoms with van der Waals surface area (Å²) in [6, 6.07) is 8.41. The zero-order valence-corrected chi connectivity index (χ0v) is 18.8. The maximum absolute atomic E-state index is 13.6. The number of fused-ring (bicyclic) bond motifs is 1. The molecule has 3 aromatic heterocycles. The van der Waals surface area contributed by atoms with Gasteiger partial charge in [0.25, 0.3) is 0 Å². The molecule has 0 atom stereocenters. The lowest BCUT2D eigenvalue weighted by molar-refractivity contribution is 0.311. The molecule has 0 bridgehead atoms. The van der Waals surface area contributed by atoms with Gasteiger partial charge in [0.2, 0.25) is 5.95 Å². The number of benzene rings is 1. The first kappa shape index (κ1) is 21.1. The minimum Gasteiger partial charge on any atom is -0.397 e. The van der Waals surface area contributed by atoms with Crippen molar-refractivity contribution in [1.29, 1.82) is 0 Å². The average Bonchev–Trinajstić information content (AvgIpc) is 3.10. The number of nitrogens with two attached hydrogens (primary N) is 1. The van der Waals surface area contributed by atoms with Crippen molar-refractivity contribution < 1.29 is 9.50 Å². The number of thioether (sulfide) groups is 1. The van der Waals surface area contributed by atoms with E-state index in [-0.39, 0.29) is 12.4 Å². The molecule has 1 aliphatic rings. The molecule has 3 heterocycles. The Morgan fingerprint density at radius 2 is 1.91 bits per heavy atom. The first-order valence-electron chi connectivity index (χ1n) is 10.4. The number of rotatable bonds is 7. The number of aliphatic hydroxyl groups excluding tert-OH is 1. The molecule has 1 fully saturated rings.